The second-order valence-corrected chi connectivity index (χ2v) is 3.85. The lowest BCUT2D eigenvalue weighted by Gasteiger charge is -2.12. The number of hydrogen-bond donors (Lipinski definition) is 0. The van der Waals surface area contributed by atoms with Crippen molar-refractivity contribution in [3.63, 3.8) is 0 Å². The molecule has 0 spiro atoms. The lowest BCUT2D eigenvalue weighted by atomic mass is 10.3. The molecule has 2 heterocycles. The zero-order chi connectivity index (χ0) is 12.3. The molecule has 0 saturated carbocycles. The highest BCUT2D eigenvalue weighted by atomic mass is 16.5. The Bertz CT molecular complexity index is 489. The molecule has 6 heteroatoms. The number of hydrogen-bond acceptors (Lipinski definition) is 4. The van der Waals surface area contributed by atoms with Gasteiger partial charge in [0, 0.05) is 25.6 Å². The maximum absolute atomic E-state index is 11.7. The quantitative estimate of drug-likeness (QED) is 0.736. The summed E-state index contributed by atoms with van der Waals surface area (Å²) in [6, 6.07) is 1.83. The Labute approximate surface area is 98.8 Å². The first-order chi connectivity index (χ1) is 8.15. The zero-order valence-electron chi connectivity index (χ0n) is 9.78. The normalized spacial score (nSPS) is 12.4. The first-order valence-electron chi connectivity index (χ1n) is 5.32. The number of aryl methyl sites for hydroxylation is 1. The first-order valence-corrected chi connectivity index (χ1v) is 5.32. The monoisotopic (exact) mass is 234 g/mol. The molecule has 0 bridgehead atoms. The van der Waals surface area contributed by atoms with Crippen molar-refractivity contribution in [2.24, 2.45) is 7.05 Å². The molecule has 90 valence electrons. The van der Waals surface area contributed by atoms with Gasteiger partial charge in [-0.15, -0.1) is 0 Å². The Morgan fingerprint density at radius 1 is 1.53 bits per heavy atom. The number of nitrogens with zero attached hydrogens (tertiary/aromatic N) is 4. The molecule has 1 unspecified atom stereocenters. The summed E-state index contributed by atoms with van der Waals surface area (Å²) < 4.78 is 8.56. The molecule has 0 aliphatic heterocycles. The zero-order valence-corrected chi connectivity index (χ0v) is 9.78. The second-order valence-electron chi connectivity index (χ2n) is 3.85. The molecule has 6 nitrogen and oxygen atoms in total. The van der Waals surface area contributed by atoms with E-state index >= 15 is 0 Å². The summed E-state index contributed by atoms with van der Waals surface area (Å²) in [6.45, 7) is 2.37. The number of esters is 1. The van der Waals surface area contributed by atoms with Crippen LogP contribution in [0.3, 0.4) is 0 Å². The van der Waals surface area contributed by atoms with Crippen LogP contribution >= 0.6 is 0 Å². The molecule has 0 amide bonds. The standard InChI is InChI=1S/C11H14N4O2/c1-9(7-15-5-3-4-12-15)17-11(16)10-6-13-14(2)8-10/h3-6,8-9H,7H2,1-2H3. The van der Waals surface area contributed by atoms with Crippen molar-refractivity contribution in [3.05, 3.63) is 36.4 Å². The van der Waals surface area contributed by atoms with Crippen LogP contribution in [0.25, 0.3) is 0 Å². The largest absolute Gasteiger partial charge is 0.457 e. The number of rotatable bonds is 4. The fourth-order valence-electron chi connectivity index (χ4n) is 1.49. The van der Waals surface area contributed by atoms with E-state index in [0.29, 0.717) is 12.1 Å². The van der Waals surface area contributed by atoms with Crippen molar-refractivity contribution >= 4 is 5.97 Å². The third-order valence-electron chi connectivity index (χ3n) is 2.25. The third kappa shape index (κ3) is 2.93. The Hall–Kier alpha value is -2.11. The summed E-state index contributed by atoms with van der Waals surface area (Å²) in [5.41, 5.74) is 0.458. The Kier molecular flexibility index (Phi) is 3.22. The van der Waals surface area contributed by atoms with Crippen LogP contribution in [0, 0.1) is 0 Å². The molecule has 0 aromatic carbocycles. The minimum absolute atomic E-state index is 0.234. The van der Waals surface area contributed by atoms with Gasteiger partial charge in [-0.3, -0.25) is 9.36 Å². The van der Waals surface area contributed by atoms with Crippen LogP contribution in [0.5, 0.6) is 0 Å². The van der Waals surface area contributed by atoms with Crippen molar-refractivity contribution in [2.45, 2.75) is 19.6 Å². The van der Waals surface area contributed by atoms with E-state index < -0.39 is 0 Å². The van der Waals surface area contributed by atoms with Crippen LogP contribution in [0.15, 0.2) is 30.9 Å². The van der Waals surface area contributed by atoms with Crippen molar-refractivity contribution < 1.29 is 9.53 Å². The van der Waals surface area contributed by atoms with Crippen molar-refractivity contribution in [3.8, 4) is 0 Å². The predicted octanol–water partition coefficient (Wildman–Crippen LogP) is 0.862. The molecule has 0 fully saturated rings. The number of aromatic nitrogens is 4. The van der Waals surface area contributed by atoms with Crippen molar-refractivity contribution in [1.82, 2.24) is 19.6 Å². The van der Waals surface area contributed by atoms with E-state index in [4.69, 9.17) is 4.74 Å². The molecule has 0 aliphatic carbocycles. The summed E-state index contributed by atoms with van der Waals surface area (Å²) in [6.07, 6.45) is 6.40. The van der Waals surface area contributed by atoms with E-state index in [2.05, 4.69) is 10.2 Å². The second kappa shape index (κ2) is 4.82. The van der Waals surface area contributed by atoms with E-state index in [1.807, 2.05) is 19.2 Å². The van der Waals surface area contributed by atoms with Gasteiger partial charge in [-0.25, -0.2) is 4.79 Å². The van der Waals surface area contributed by atoms with E-state index in [-0.39, 0.29) is 12.1 Å². The van der Waals surface area contributed by atoms with Gasteiger partial charge in [0.1, 0.15) is 6.10 Å². The van der Waals surface area contributed by atoms with Crippen LogP contribution in [0.1, 0.15) is 17.3 Å². The smallest absolute Gasteiger partial charge is 0.341 e. The van der Waals surface area contributed by atoms with Gasteiger partial charge in [0.05, 0.1) is 18.3 Å². The van der Waals surface area contributed by atoms with Gasteiger partial charge < -0.3 is 4.74 Å². The SMILES string of the molecule is CC(Cn1cccn1)OC(=O)c1cnn(C)c1. The average molecular weight is 234 g/mol. The summed E-state index contributed by atoms with van der Waals surface area (Å²) in [4.78, 5) is 11.7. The molecular formula is C11H14N4O2. The lowest BCUT2D eigenvalue weighted by molar-refractivity contribution is 0.0299. The Morgan fingerprint density at radius 2 is 2.35 bits per heavy atom. The van der Waals surface area contributed by atoms with E-state index in [0.717, 1.165) is 0 Å². The molecule has 17 heavy (non-hydrogen) atoms. The minimum atomic E-state index is -0.363. The van der Waals surface area contributed by atoms with Gasteiger partial charge in [0.15, 0.2) is 0 Å². The minimum Gasteiger partial charge on any atom is -0.457 e. The Balaban J connectivity index is 1.90. The van der Waals surface area contributed by atoms with Gasteiger partial charge in [-0.05, 0) is 13.0 Å². The van der Waals surface area contributed by atoms with Crippen LogP contribution in [0.4, 0.5) is 0 Å². The fourth-order valence-corrected chi connectivity index (χ4v) is 1.49. The van der Waals surface area contributed by atoms with Crippen LogP contribution in [-0.4, -0.2) is 31.6 Å². The van der Waals surface area contributed by atoms with Gasteiger partial charge >= 0.3 is 5.97 Å². The summed E-state index contributed by atoms with van der Waals surface area (Å²) in [7, 11) is 1.75. The highest BCUT2D eigenvalue weighted by Crippen LogP contribution is 2.04. The van der Waals surface area contributed by atoms with Gasteiger partial charge in [0.2, 0.25) is 0 Å². The van der Waals surface area contributed by atoms with Crippen LogP contribution < -0.4 is 0 Å². The summed E-state index contributed by atoms with van der Waals surface area (Å²) in [5, 5.41) is 7.97. The average Bonchev–Trinajstić information content (AvgIpc) is 2.89. The highest BCUT2D eigenvalue weighted by molar-refractivity contribution is 5.88. The summed E-state index contributed by atoms with van der Waals surface area (Å²) >= 11 is 0. The fraction of sp³-hybridized carbons (Fsp3) is 0.364. The first kappa shape index (κ1) is 11.4. The van der Waals surface area contributed by atoms with E-state index in [1.165, 1.54) is 6.20 Å². The number of carbonyl (C=O) groups excluding carboxylic acids is 1. The molecule has 2 aromatic heterocycles. The third-order valence-corrected chi connectivity index (χ3v) is 2.25. The van der Waals surface area contributed by atoms with Gasteiger partial charge in [-0.2, -0.15) is 10.2 Å². The Morgan fingerprint density at radius 3 is 2.94 bits per heavy atom. The van der Waals surface area contributed by atoms with E-state index in [1.54, 1.807) is 28.8 Å². The topological polar surface area (TPSA) is 61.9 Å². The van der Waals surface area contributed by atoms with Crippen LogP contribution in [-0.2, 0) is 18.3 Å². The number of ether oxygens (including phenoxy) is 1. The molecule has 0 N–H and O–H groups in total. The maximum atomic E-state index is 11.7. The van der Waals surface area contributed by atoms with E-state index in [9.17, 15) is 4.79 Å². The maximum Gasteiger partial charge on any atom is 0.341 e. The predicted molar refractivity (Wildman–Crippen MR) is 60.3 cm³/mol. The van der Waals surface area contributed by atoms with Crippen molar-refractivity contribution in [1.29, 1.82) is 0 Å². The van der Waals surface area contributed by atoms with Crippen LogP contribution in [0.2, 0.25) is 0 Å². The highest BCUT2D eigenvalue weighted by Gasteiger charge is 2.13. The molecular weight excluding hydrogens is 220 g/mol. The molecule has 2 aromatic rings. The lowest BCUT2D eigenvalue weighted by Crippen LogP contribution is -2.20. The molecule has 0 radical (unpaired) electrons. The van der Waals surface area contributed by atoms with Gasteiger partial charge in [0.25, 0.3) is 0 Å². The number of carbonyl (C=O) groups is 1. The molecule has 2 rings (SSSR count). The molecule has 0 aliphatic rings. The van der Waals surface area contributed by atoms with Gasteiger partial charge in [-0.1, -0.05) is 0 Å². The molecule has 1 atom stereocenters. The van der Waals surface area contributed by atoms with Crippen molar-refractivity contribution in [2.75, 3.05) is 0 Å². The summed E-state index contributed by atoms with van der Waals surface area (Å²) in [5.74, 6) is -0.363. The molecule has 0 saturated heterocycles.